The molecule has 0 aromatic heterocycles. The molecule has 1 aromatic rings. The minimum atomic E-state index is -1.55. The number of β-amino-alcohol motifs (C(OH)–C–C–N with tert-alkyl or cyclic N) is 1. The van der Waals surface area contributed by atoms with E-state index in [2.05, 4.69) is 5.32 Å². The first kappa shape index (κ1) is 18.4. The van der Waals surface area contributed by atoms with E-state index in [4.69, 9.17) is 0 Å². The predicted octanol–water partition coefficient (Wildman–Crippen LogP) is 1.59. The molecule has 2 rings (SSSR count). The van der Waals surface area contributed by atoms with E-state index in [9.17, 15) is 19.1 Å². The van der Waals surface area contributed by atoms with Crippen LogP contribution in [0.4, 0.5) is 4.39 Å². The molecule has 0 unspecified atom stereocenters. The van der Waals surface area contributed by atoms with Gasteiger partial charge in [0, 0.05) is 25.4 Å². The van der Waals surface area contributed by atoms with Crippen LogP contribution in [-0.2, 0) is 15.0 Å². The minimum absolute atomic E-state index is 0.0190. The average Bonchev–Trinajstić information content (AvgIpc) is 2.53. The fourth-order valence-corrected chi connectivity index (χ4v) is 2.96. The quantitative estimate of drug-likeness (QED) is 0.877. The highest BCUT2D eigenvalue weighted by molar-refractivity contribution is 5.86. The van der Waals surface area contributed by atoms with Crippen molar-refractivity contribution in [3.05, 3.63) is 35.6 Å². The normalized spacial score (nSPS) is 21.5. The number of nitrogens with zero attached hydrogens (tertiary/aromatic N) is 1. The Hall–Kier alpha value is -1.95. The van der Waals surface area contributed by atoms with E-state index < -0.39 is 16.9 Å². The SMILES string of the molecule is CC(=O)N1CCC[C@](O)(C(=O)NCC(C)(C)c2ccc(F)cc2)C1. The van der Waals surface area contributed by atoms with Crippen LogP contribution in [0.15, 0.2) is 24.3 Å². The van der Waals surface area contributed by atoms with Gasteiger partial charge in [-0.1, -0.05) is 26.0 Å². The molecule has 0 radical (unpaired) electrons. The summed E-state index contributed by atoms with van der Waals surface area (Å²) in [5.74, 6) is -0.921. The van der Waals surface area contributed by atoms with Gasteiger partial charge in [-0.25, -0.2) is 4.39 Å². The molecule has 0 bridgehead atoms. The lowest BCUT2D eigenvalue weighted by atomic mass is 9.84. The first-order chi connectivity index (χ1) is 11.1. The fourth-order valence-electron chi connectivity index (χ4n) is 2.96. The predicted molar refractivity (Wildman–Crippen MR) is 88.9 cm³/mol. The molecule has 0 spiro atoms. The van der Waals surface area contributed by atoms with Crippen LogP contribution in [0.1, 0.15) is 39.2 Å². The van der Waals surface area contributed by atoms with Crippen LogP contribution >= 0.6 is 0 Å². The Kier molecular flexibility index (Phi) is 5.28. The highest BCUT2D eigenvalue weighted by Crippen LogP contribution is 2.25. The molecule has 1 aromatic carbocycles. The standard InChI is InChI=1S/C18H25FN2O3/c1-13(22)21-10-4-9-18(24,12-21)16(23)20-11-17(2,3)14-5-7-15(19)8-6-14/h5-8,24H,4,9-12H2,1-3H3,(H,20,23)/t18-/m1/s1. The number of amides is 2. The maximum atomic E-state index is 13.0. The van der Waals surface area contributed by atoms with Crippen molar-refractivity contribution in [3.63, 3.8) is 0 Å². The Balaban J connectivity index is 2.01. The molecule has 6 heteroatoms. The van der Waals surface area contributed by atoms with E-state index in [1.165, 1.54) is 24.0 Å². The Bertz CT molecular complexity index is 615. The summed E-state index contributed by atoms with van der Waals surface area (Å²) in [6, 6.07) is 6.15. The smallest absolute Gasteiger partial charge is 0.253 e. The Morgan fingerprint density at radius 2 is 1.96 bits per heavy atom. The molecule has 1 saturated heterocycles. The number of nitrogens with one attached hydrogen (secondary N) is 1. The maximum absolute atomic E-state index is 13.0. The lowest BCUT2D eigenvalue weighted by Crippen LogP contribution is -2.59. The zero-order chi connectivity index (χ0) is 18.0. The molecule has 1 aliphatic heterocycles. The summed E-state index contributed by atoms with van der Waals surface area (Å²) >= 11 is 0. The van der Waals surface area contributed by atoms with Gasteiger partial charge in [-0.15, -0.1) is 0 Å². The fraction of sp³-hybridized carbons (Fsp3) is 0.556. The topological polar surface area (TPSA) is 69.6 Å². The number of benzene rings is 1. The molecular weight excluding hydrogens is 311 g/mol. The molecule has 132 valence electrons. The number of halogens is 1. The molecule has 1 atom stereocenters. The van der Waals surface area contributed by atoms with Gasteiger partial charge >= 0.3 is 0 Å². The number of aliphatic hydroxyl groups is 1. The number of hydrogen-bond acceptors (Lipinski definition) is 3. The van der Waals surface area contributed by atoms with Gasteiger partial charge in [-0.05, 0) is 30.5 Å². The van der Waals surface area contributed by atoms with E-state index in [-0.39, 0.29) is 18.3 Å². The van der Waals surface area contributed by atoms with E-state index >= 15 is 0 Å². The van der Waals surface area contributed by atoms with Crippen molar-refractivity contribution in [2.45, 2.75) is 44.6 Å². The first-order valence-corrected chi connectivity index (χ1v) is 8.16. The largest absolute Gasteiger partial charge is 0.378 e. The molecule has 2 N–H and O–H groups in total. The Morgan fingerprint density at radius 3 is 2.54 bits per heavy atom. The third-order valence-corrected chi connectivity index (χ3v) is 4.66. The highest BCUT2D eigenvalue weighted by Gasteiger charge is 2.41. The second kappa shape index (κ2) is 6.89. The molecule has 0 aliphatic carbocycles. The van der Waals surface area contributed by atoms with Gasteiger partial charge in [-0.2, -0.15) is 0 Å². The summed E-state index contributed by atoms with van der Waals surface area (Å²) in [6.45, 7) is 6.19. The summed E-state index contributed by atoms with van der Waals surface area (Å²) in [4.78, 5) is 25.4. The molecular formula is C18H25FN2O3. The molecule has 0 saturated carbocycles. The molecule has 24 heavy (non-hydrogen) atoms. The second-order valence-corrected chi connectivity index (χ2v) is 7.15. The number of carbonyl (C=O) groups is 2. The lowest BCUT2D eigenvalue weighted by molar-refractivity contribution is -0.150. The van der Waals surface area contributed by atoms with Crippen LogP contribution in [0.25, 0.3) is 0 Å². The number of likely N-dealkylation sites (tertiary alicyclic amines) is 1. The zero-order valence-corrected chi connectivity index (χ0v) is 14.4. The summed E-state index contributed by atoms with van der Waals surface area (Å²) in [7, 11) is 0. The highest BCUT2D eigenvalue weighted by atomic mass is 19.1. The summed E-state index contributed by atoms with van der Waals surface area (Å²) < 4.78 is 13.0. The molecule has 1 heterocycles. The Labute approximate surface area is 141 Å². The van der Waals surface area contributed by atoms with Gasteiger partial charge < -0.3 is 15.3 Å². The summed E-state index contributed by atoms with van der Waals surface area (Å²) in [5.41, 5.74) is -1.07. The Morgan fingerprint density at radius 1 is 1.33 bits per heavy atom. The van der Waals surface area contributed by atoms with Crippen molar-refractivity contribution in [1.29, 1.82) is 0 Å². The molecule has 5 nitrogen and oxygen atoms in total. The van der Waals surface area contributed by atoms with E-state index in [1.807, 2.05) is 13.8 Å². The molecule has 2 amide bonds. The lowest BCUT2D eigenvalue weighted by Gasteiger charge is -2.38. The summed E-state index contributed by atoms with van der Waals surface area (Å²) in [6.07, 6.45) is 0.921. The monoisotopic (exact) mass is 336 g/mol. The third kappa shape index (κ3) is 4.12. The van der Waals surface area contributed by atoms with Gasteiger partial charge in [0.05, 0.1) is 6.54 Å². The molecule has 1 aliphatic rings. The van der Waals surface area contributed by atoms with Crippen LogP contribution in [0, 0.1) is 5.82 Å². The van der Waals surface area contributed by atoms with Crippen LogP contribution in [-0.4, -0.2) is 47.1 Å². The van der Waals surface area contributed by atoms with Crippen molar-refractivity contribution in [1.82, 2.24) is 10.2 Å². The van der Waals surface area contributed by atoms with Gasteiger partial charge in [0.25, 0.3) is 5.91 Å². The minimum Gasteiger partial charge on any atom is -0.378 e. The van der Waals surface area contributed by atoms with Gasteiger partial charge in [0.1, 0.15) is 5.82 Å². The van der Waals surface area contributed by atoms with Crippen LogP contribution in [0.5, 0.6) is 0 Å². The van der Waals surface area contributed by atoms with Crippen molar-refractivity contribution in [2.24, 2.45) is 0 Å². The van der Waals surface area contributed by atoms with E-state index in [0.29, 0.717) is 25.9 Å². The molecule has 1 fully saturated rings. The van der Waals surface area contributed by atoms with E-state index in [1.54, 1.807) is 12.1 Å². The number of piperidine rings is 1. The van der Waals surface area contributed by atoms with Gasteiger partial charge in [0.15, 0.2) is 5.60 Å². The van der Waals surface area contributed by atoms with Crippen LogP contribution in [0.3, 0.4) is 0 Å². The van der Waals surface area contributed by atoms with Crippen molar-refractivity contribution < 1.29 is 19.1 Å². The van der Waals surface area contributed by atoms with Crippen LogP contribution < -0.4 is 5.32 Å². The number of carbonyl (C=O) groups excluding carboxylic acids is 2. The average molecular weight is 336 g/mol. The second-order valence-electron chi connectivity index (χ2n) is 7.15. The zero-order valence-electron chi connectivity index (χ0n) is 14.4. The van der Waals surface area contributed by atoms with Gasteiger partial charge in [0.2, 0.25) is 5.91 Å². The van der Waals surface area contributed by atoms with Gasteiger partial charge in [-0.3, -0.25) is 9.59 Å². The van der Waals surface area contributed by atoms with Crippen molar-refractivity contribution in [3.8, 4) is 0 Å². The third-order valence-electron chi connectivity index (χ3n) is 4.66. The van der Waals surface area contributed by atoms with E-state index in [0.717, 1.165) is 5.56 Å². The summed E-state index contributed by atoms with van der Waals surface area (Å²) in [5, 5.41) is 13.4. The number of rotatable bonds is 4. The van der Waals surface area contributed by atoms with Crippen LogP contribution in [0.2, 0.25) is 0 Å². The number of hydrogen-bond donors (Lipinski definition) is 2. The van der Waals surface area contributed by atoms with Crippen molar-refractivity contribution in [2.75, 3.05) is 19.6 Å². The maximum Gasteiger partial charge on any atom is 0.253 e. The first-order valence-electron chi connectivity index (χ1n) is 8.16. The van der Waals surface area contributed by atoms with Crippen molar-refractivity contribution >= 4 is 11.8 Å².